The number of nitrogens with zero attached hydrogens (tertiary/aromatic N) is 1. The lowest BCUT2D eigenvalue weighted by Gasteiger charge is -2.33. The second kappa shape index (κ2) is 5.41. The third-order valence-corrected chi connectivity index (χ3v) is 4.85. The lowest BCUT2D eigenvalue weighted by Crippen LogP contribution is -2.48. The Balaban J connectivity index is 1.74. The minimum absolute atomic E-state index is 0.0423. The molecule has 19 heavy (non-hydrogen) atoms. The van der Waals surface area contributed by atoms with Crippen LogP contribution < -0.4 is 5.32 Å². The maximum Gasteiger partial charge on any atom is 0.241 e. The van der Waals surface area contributed by atoms with E-state index in [4.69, 9.17) is 4.74 Å². The summed E-state index contributed by atoms with van der Waals surface area (Å²) in [7, 11) is 0. The summed E-state index contributed by atoms with van der Waals surface area (Å²) in [6.07, 6.45) is 8.51. The Hall–Kier alpha value is -0.610. The number of hydrogen-bond donors (Lipinski definition) is 1. The lowest BCUT2D eigenvalue weighted by atomic mass is 9.93. The van der Waals surface area contributed by atoms with Crippen molar-refractivity contribution >= 4 is 5.91 Å². The van der Waals surface area contributed by atoms with Gasteiger partial charge in [-0.2, -0.15) is 0 Å². The zero-order chi connectivity index (χ0) is 13.4. The molecule has 3 rings (SSSR count). The Morgan fingerprint density at radius 1 is 1.26 bits per heavy atom. The van der Waals surface area contributed by atoms with Gasteiger partial charge in [0, 0.05) is 0 Å². The fraction of sp³-hybridized carbons (Fsp3) is 0.933. The van der Waals surface area contributed by atoms with Crippen molar-refractivity contribution in [2.45, 2.75) is 89.3 Å². The molecule has 0 aromatic rings. The number of rotatable bonds is 5. The molecule has 1 amide bonds. The predicted molar refractivity (Wildman–Crippen MR) is 73.7 cm³/mol. The second-order valence-electron chi connectivity index (χ2n) is 6.23. The molecule has 3 aliphatic rings. The Bertz CT molecular complexity index is 347. The van der Waals surface area contributed by atoms with Gasteiger partial charge in [-0.25, -0.2) is 0 Å². The molecule has 3 heterocycles. The zero-order valence-corrected chi connectivity index (χ0v) is 12.1. The van der Waals surface area contributed by atoms with E-state index in [2.05, 4.69) is 24.1 Å². The Kier molecular flexibility index (Phi) is 3.81. The van der Waals surface area contributed by atoms with Crippen LogP contribution in [0.1, 0.15) is 58.8 Å². The van der Waals surface area contributed by atoms with Crippen molar-refractivity contribution < 1.29 is 9.53 Å². The first-order valence-corrected chi connectivity index (χ1v) is 7.98. The van der Waals surface area contributed by atoms with E-state index in [1.165, 1.54) is 6.42 Å². The summed E-state index contributed by atoms with van der Waals surface area (Å²) in [6, 6.07) is 0.373. The zero-order valence-electron chi connectivity index (χ0n) is 12.1. The molecule has 0 saturated carbocycles. The molecular formula is C15H26N2O2. The smallest absolute Gasteiger partial charge is 0.241 e. The van der Waals surface area contributed by atoms with E-state index in [1.54, 1.807) is 0 Å². The number of carbonyl (C=O) groups is 1. The van der Waals surface area contributed by atoms with Crippen LogP contribution in [0.15, 0.2) is 0 Å². The summed E-state index contributed by atoms with van der Waals surface area (Å²) < 4.78 is 5.95. The average Bonchev–Trinajstić information content (AvgIpc) is 3.06. The monoisotopic (exact) mass is 266 g/mol. The highest BCUT2D eigenvalue weighted by atomic mass is 16.5. The molecule has 1 N–H and O–H groups in total. The van der Waals surface area contributed by atoms with E-state index in [0.29, 0.717) is 24.2 Å². The van der Waals surface area contributed by atoms with Gasteiger partial charge in [-0.3, -0.25) is 10.1 Å². The van der Waals surface area contributed by atoms with Gasteiger partial charge in [0.25, 0.3) is 0 Å². The van der Waals surface area contributed by atoms with Crippen LogP contribution >= 0.6 is 0 Å². The molecule has 0 radical (unpaired) electrons. The topological polar surface area (TPSA) is 41.6 Å². The highest BCUT2D eigenvalue weighted by Crippen LogP contribution is 2.39. The molecule has 3 aliphatic heterocycles. The van der Waals surface area contributed by atoms with Gasteiger partial charge in [-0.05, 0) is 32.1 Å². The van der Waals surface area contributed by atoms with Gasteiger partial charge >= 0.3 is 0 Å². The molecule has 3 saturated heterocycles. The molecule has 5 atom stereocenters. The summed E-state index contributed by atoms with van der Waals surface area (Å²) >= 11 is 0. The Morgan fingerprint density at radius 3 is 2.63 bits per heavy atom. The van der Waals surface area contributed by atoms with Gasteiger partial charge in [0.15, 0.2) is 0 Å². The molecule has 0 aromatic heterocycles. The number of hydrogen-bond acceptors (Lipinski definition) is 3. The molecule has 0 spiro atoms. The molecule has 4 nitrogen and oxygen atoms in total. The van der Waals surface area contributed by atoms with Crippen LogP contribution in [0.5, 0.6) is 0 Å². The van der Waals surface area contributed by atoms with Crippen molar-refractivity contribution in [3.05, 3.63) is 0 Å². The van der Waals surface area contributed by atoms with Crippen molar-refractivity contribution in [1.29, 1.82) is 0 Å². The molecule has 108 valence electrons. The van der Waals surface area contributed by atoms with Crippen LogP contribution in [-0.4, -0.2) is 41.3 Å². The first-order chi connectivity index (χ1) is 9.24. The minimum atomic E-state index is 0.0423. The summed E-state index contributed by atoms with van der Waals surface area (Å²) in [4.78, 5) is 14.8. The van der Waals surface area contributed by atoms with E-state index in [-0.39, 0.29) is 12.2 Å². The van der Waals surface area contributed by atoms with Gasteiger partial charge in [0.1, 0.15) is 0 Å². The summed E-state index contributed by atoms with van der Waals surface area (Å²) in [5.41, 5.74) is 0. The molecule has 2 bridgehead atoms. The van der Waals surface area contributed by atoms with E-state index in [1.807, 2.05) is 0 Å². The fourth-order valence-electron chi connectivity index (χ4n) is 4.01. The van der Waals surface area contributed by atoms with Crippen molar-refractivity contribution in [3.8, 4) is 0 Å². The number of fused-ring (bicyclic) bond motifs is 2. The summed E-state index contributed by atoms with van der Waals surface area (Å²) in [5, 5.41) is 3.55. The average molecular weight is 266 g/mol. The highest BCUT2D eigenvalue weighted by molar-refractivity contribution is 5.84. The first-order valence-electron chi connectivity index (χ1n) is 7.98. The molecule has 5 unspecified atom stereocenters. The Labute approximate surface area is 115 Å². The van der Waals surface area contributed by atoms with Crippen molar-refractivity contribution in [1.82, 2.24) is 10.2 Å². The van der Waals surface area contributed by atoms with E-state index < -0.39 is 0 Å². The van der Waals surface area contributed by atoms with Crippen LogP contribution in [0.3, 0.4) is 0 Å². The van der Waals surface area contributed by atoms with Crippen molar-refractivity contribution in [2.75, 3.05) is 0 Å². The minimum Gasteiger partial charge on any atom is -0.373 e. The van der Waals surface area contributed by atoms with E-state index in [9.17, 15) is 4.79 Å². The maximum absolute atomic E-state index is 12.7. The van der Waals surface area contributed by atoms with Crippen molar-refractivity contribution in [3.63, 3.8) is 0 Å². The first kappa shape index (κ1) is 13.4. The Morgan fingerprint density at radius 2 is 2.05 bits per heavy atom. The van der Waals surface area contributed by atoms with Crippen LogP contribution in [0.25, 0.3) is 0 Å². The van der Waals surface area contributed by atoms with Gasteiger partial charge in [-0.1, -0.05) is 26.7 Å². The lowest BCUT2D eigenvalue weighted by molar-refractivity contribution is -0.133. The standard InChI is InChI=1S/C15H26N2O2/c1-3-5-11-15(18)17(14(16-11)6-4-2)12-9-10-7-8-13(12)19-10/h10-14,16H,3-9H2,1-2H3. The third-order valence-electron chi connectivity index (χ3n) is 4.85. The number of ether oxygens (including phenoxy) is 1. The molecule has 0 aromatic carbocycles. The summed E-state index contributed by atoms with van der Waals surface area (Å²) in [5.74, 6) is 0.321. The molecule has 3 fully saturated rings. The normalized spacial score (nSPS) is 41.5. The predicted octanol–water partition coefficient (Wildman–Crippen LogP) is 2.03. The van der Waals surface area contributed by atoms with Gasteiger partial charge < -0.3 is 9.64 Å². The van der Waals surface area contributed by atoms with Crippen LogP contribution in [0, 0.1) is 0 Å². The quantitative estimate of drug-likeness (QED) is 0.828. The second-order valence-corrected chi connectivity index (χ2v) is 6.23. The van der Waals surface area contributed by atoms with E-state index in [0.717, 1.165) is 38.5 Å². The van der Waals surface area contributed by atoms with E-state index >= 15 is 0 Å². The summed E-state index contributed by atoms with van der Waals surface area (Å²) in [6.45, 7) is 4.34. The largest absolute Gasteiger partial charge is 0.373 e. The van der Waals surface area contributed by atoms with Crippen LogP contribution in [0.2, 0.25) is 0 Å². The number of carbonyl (C=O) groups excluding carboxylic acids is 1. The number of nitrogens with one attached hydrogen (secondary N) is 1. The third kappa shape index (κ3) is 2.29. The molecular weight excluding hydrogens is 240 g/mol. The van der Waals surface area contributed by atoms with Crippen LogP contribution in [-0.2, 0) is 9.53 Å². The fourth-order valence-corrected chi connectivity index (χ4v) is 4.01. The molecule has 0 aliphatic carbocycles. The number of amides is 1. The van der Waals surface area contributed by atoms with Gasteiger partial charge in [-0.15, -0.1) is 0 Å². The van der Waals surface area contributed by atoms with Crippen LogP contribution in [0.4, 0.5) is 0 Å². The SMILES string of the molecule is CCCC1NC(CCC)N(C2CC3CCC2O3)C1=O. The van der Waals surface area contributed by atoms with Gasteiger partial charge in [0.05, 0.1) is 30.5 Å². The van der Waals surface area contributed by atoms with Crippen molar-refractivity contribution in [2.24, 2.45) is 0 Å². The highest BCUT2D eigenvalue weighted by Gasteiger charge is 2.50. The molecule has 4 heteroatoms. The van der Waals surface area contributed by atoms with Gasteiger partial charge in [0.2, 0.25) is 5.91 Å². The maximum atomic E-state index is 12.7.